The smallest absolute Gasteiger partial charge is 0.289 e. The van der Waals surface area contributed by atoms with Crippen molar-refractivity contribution in [3.63, 3.8) is 0 Å². The van der Waals surface area contributed by atoms with E-state index in [9.17, 15) is 8.42 Å². The van der Waals surface area contributed by atoms with Crippen LogP contribution >= 0.6 is 27.3 Å². The van der Waals surface area contributed by atoms with Crippen molar-refractivity contribution in [3.05, 3.63) is 38.9 Å². The predicted octanol–water partition coefficient (Wildman–Crippen LogP) is 3.68. The highest BCUT2D eigenvalue weighted by atomic mass is 79.9. The van der Waals surface area contributed by atoms with Gasteiger partial charge in [0.25, 0.3) is 10.0 Å². The molecule has 6 nitrogen and oxygen atoms in total. The van der Waals surface area contributed by atoms with Gasteiger partial charge in [0.1, 0.15) is 10.7 Å². The molecular formula is C14H11BrN4O2S2. The van der Waals surface area contributed by atoms with Crippen molar-refractivity contribution in [2.75, 3.05) is 4.72 Å². The summed E-state index contributed by atoms with van der Waals surface area (Å²) in [7, 11) is -3.79. The first-order chi connectivity index (χ1) is 10.8. The highest BCUT2D eigenvalue weighted by molar-refractivity contribution is 9.10. The Labute approximate surface area is 145 Å². The molecule has 0 aliphatic carbocycles. The number of sulfonamides is 1. The van der Waals surface area contributed by atoms with Gasteiger partial charge in [-0.3, -0.25) is 4.72 Å². The number of halogens is 1. The van der Waals surface area contributed by atoms with Gasteiger partial charge in [0.2, 0.25) is 4.34 Å². The van der Waals surface area contributed by atoms with Gasteiger partial charge >= 0.3 is 0 Å². The van der Waals surface area contributed by atoms with Gasteiger partial charge in [0.05, 0.1) is 16.8 Å². The van der Waals surface area contributed by atoms with Gasteiger partial charge in [0.15, 0.2) is 0 Å². The lowest BCUT2D eigenvalue weighted by Crippen LogP contribution is -2.13. The fourth-order valence-electron chi connectivity index (χ4n) is 2.25. The first kappa shape index (κ1) is 16.0. The molecule has 0 saturated heterocycles. The molecule has 2 aromatic heterocycles. The molecule has 3 aromatic rings. The molecular weight excluding hydrogens is 400 g/mol. The Kier molecular flexibility index (Phi) is 3.91. The standard InChI is InChI=1S/C14H11BrN4O2S2/c1-7-3-4-10(12-11(7)9(5-16)6-17-12)19-23(20,21)14-18-13(15)8(2)22-14/h3-4,6,17,19H,1-2H3. The molecule has 0 radical (unpaired) electrons. The number of nitrogens with one attached hydrogen (secondary N) is 2. The van der Waals surface area contributed by atoms with E-state index in [1.807, 2.05) is 6.92 Å². The van der Waals surface area contributed by atoms with Crippen LogP contribution in [0.5, 0.6) is 0 Å². The molecule has 2 heterocycles. The van der Waals surface area contributed by atoms with Crippen LogP contribution in [0.15, 0.2) is 27.3 Å². The summed E-state index contributed by atoms with van der Waals surface area (Å²) in [6.07, 6.45) is 1.57. The number of hydrogen-bond acceptors (Lipinski definition) is 5. The SMILES string of the molecule is Cc1sc(S(=O)(=O)Nc2ccc(C)c3c(C#N)c[nH]c23)nc1Br. The molecule has 9 heteroatoms. The van der Waals surface area contributed by atoms with Gasteiger partial charge in [-0.25, -0.2) is 4.98 Å². The number of hydrogen-bond donors (Lipinski definition) is 2. The quantitative estimate of drug-likeness (QED) is 0.687. The molecule has 0 amide bonds. The molecule has 0 saturated carbocycles. The summed E-state index contributed by atoms with van der Waals surface area (Å²) in [5, 5.41) is 9.87. The van der Waals surface area contributed by atoms with E-state index < -0.39 is 10.0 Å². The van der Waals surface area contributed by atoms with E-state index in [1.165, 1.54) is 0 Å². The van der Waals surface area contributed by atoms with E-state index in [4.69, 9.17) is 5.26 Å². The molecule has 0 atom stereocenters. The van der Waals surface area contributed by atoms with Crippen molar-refractivity contribution >= 4 is 53.9 Å². The van der Waals surface area contributed by atoms with E-state index in [1.54, 1.807) is 25.3 Å². The number of benzene rings is 1. The van der Waals surface area contributed by atoms with E-state index >= 15 is 0 Å². The van der Waals surface area contributed by atoms with Crippen molar-refractivity contribution in [2.24, 2.45) is 0 Å². The summed E-state index contributed by atoms with van der Waals surface area (Å²) in [5.41, 5.74) is 2.34. The zero-order valence-corrected chi connectivity index (χ0v) is 15.4. The third-order valence-corrected chi connectivity index (χ3v) is 7.11. The minimum absolute atomic E-state index is 0.0114. The Morgan fingerprint density at radius 3 is 2.74 bits per heavy atom. The van der Waals surface area contributed by atoms with Gasteiger partial charge in [0, 0.05) is 16.5 Å². The summed E-state index contributed by atoms with van der Waals surface area (Å²) in [4.78, 5) is 7.77. The molecule has 0 aliphatic heterocycles. The Hall–Kier alpha value is -1.89. The fraction of sp³-hybridized carbons (Fsp3) is 0.143. The van der Waals surface area contributed by atoms with Gasteiger partial charge < -0.3 is 4.98 Å². The second-order valence-corrected chi connectivity index (χ2v) is 8.74. The number of thiazole rings is 1. The molecule has 0 fully saturated rings. The number of nitriles is 1. The van der Waals surface area contributed by atoms with Crippen molar-refractivity contribution in [2.45, 2.75) is 18.2 Å². The zero-order valence-electron chi connectivity index (χ0n) is 12.1. The zero-order chi connectivity index (χ0) is 16.8. The lowest BCUT2D eigenvalue weighted by molar-refractivity contribution is 0.600. The van der Waals surface area contributed by atoms with E-state index in [0.29, 0.717) is 26.8 Å². The second-order valence-electron chi connectivity index (χ2n) is 4.93. The van der Waals surface area contributed by atoms with Gasteiger partial charge in [-0.15, -0.1) is 11.3 Å². The number of anilines is 1. The Bertz CT molecular complexity index is 1040. The van der Waals surface area contributed by atoms with Crippen LogP contribution in [0.1, 0.15) is 16.0 Å². The lowest BCUT2D eigenvalue weighted by atomic mass is 10.1. The average Bonchev–Trinajstić information content (AvgIpc) is 3.07. The van der Waals surface area contributed by atoms with Crippen LogP contribution < -0.4 is 4.72 Å². The van der Waals surface area contributed by atoms with Crippen LogP contribution in [-0.4, -0.2) is 18.4 Å². The number of aryl methyl sites for hydroxylation is 2. The average molecular weight is 411 g/mol. The van der Waals surface area contributed by atoms with E-state index in [-0.39, 0.29) is 4.34 Å². The molecule has 1 aromatic carbocycles. The monoisotopic (exact) mass is 410 g/mol. The minimum atomic E-state index is -3.79. The number of fused-ring (bicyclic) bond motifs is 1. The van der Waals surface area contributed by atoms with E-state index in [2.05, 4.69) is 36.7 Å². The highest BCUT2D eigenvalue weighted by Crippen LogP contribution is 2.31. The summed E-state index contributed by atoms with van der Waals surface area (Å²) in [6, 6.07) is 5.54. The molecule has 0 spiro atoms. The van der Waals surface area contributed by atoms with Crippen molar-refractivity contribution in [1.29, 1.82) is 5.26 Å². The Morgan fingerprint density at radius 1 is 1.39 bits per heavy atom. The third kappa shape index (κ3) is 2.73. The minimum Gasteiger partial charge on any atom is -0.358 e. The van der Waals surface area contributed by atoms with Crippen LogP contribution in [0, 0.1) is 25.2 Å². The first-order valence-corrected chi connectivity index (χ1v) is 9.59. The predicted molar refractivity (Wildman–Crippen MR) is 93.1 cm³/mol. The van der Waals surface area contributed by atoms with Gasteiger partial charge in [-0.2, -0.15) is 13.7 Å². The summed E-state index contributed by atoms with van der Waals surface area (Å²) in [6.45, 7) is 3.66. The third-order valence-electron chi connectivity index (χ3n) is 3.36. The molecule has 23 heavy (non-hydrogen) atoms. The normalized spacial score (nSPS) is 11.6. The molecule has 0 bridgehead atoms. The summed E-state index contributed by atoms with van der Waals surface area (Å²) >= 11 is 4.31. The number of H-pyrrole nitrogens is 1. The topological polar surface area (TPSA) is 98.6 Å². The highest BCUT2D eigenvalue weighted by Gasteiger charge is 2.22. The van der Waals surface area contributed by atoms with Crippen LogP contribution in [0.4, 0.5) is 5.69 Å². The maximum atomic E-state index is 12.5. The second kappa shape index (κ2) is 5.63. The first-order valence-electron chi connectivity index (χ1n) is 6.50. The van der Waals surface area contributed by atoms with Crippen molar-refractivity contribution < 1.29 is 8.42 Å². The van der Waals surface area contributed by atoms with Crippen LogP contribution in [0.3, 0.4) is 0 Å². The Morgan fingerprint density at radius 2 is 2.13 bits per heavy atom. The molecule has 0 unspecified atom stereocenters. The van der Waals surface area contributed by atoms with Crippen LogP contribution in [-0.2, 0) is 10.0 Å². The van der Waals surface area contributed by atoms with Gasteiger partial charge in [-0.1, -0.05) is 6.07 Å². The summed E-state index contributed by atoms with van der Waals surface area (Å²) < 4.78 is 28.1. The summed E-state index contributed by atoms with van der Waals surface area (Å²) in [5.74, 6) is 0. The number of rotatable bonds is 3. The Balaban J connectivity index is 2.10. The van der Waals surface area contributed by atoms with E-state index in [0.717, 1.165) is 21.8 Å². The van der Waals surface area contributed by atoms with Gasteiger partial charge in [-0.05, 0) is 41.4 Å². The van der Waals surface area contributed by atoms with Crippen LogP contribution in [0.25, 0.3) is 10.9 Å². The number of aromatic amines is 1. The van der Waals surface area contributed by atoms with Crippen molar-refractivity contribution in [1.82, 2.24) is 9.97 Å². The lowest BCUT2D eigenvalue weighted by Gasteiger charge is -2.08. The molecule has 3 rings (SSSR count). The largest absolute Gasteiger partial charge is 0.358 e. The fourth-order valence-corrected chi connectivity index (χ4v) is 5.13. The number of aromatic nitrogens is 2. The molecule has 0 aliphatic rings. The molecule has 118 valence electrons. The maximum absolute atomic E-state index is 12.5. The maximum Gasteiger partial charge on any atom is 0.289 e. The molecule has 2 N–H and O–H groups in total. The van der Waals surface area contributed by atoms with Crippen molar-refractivity contribution in [3.8, 4) is 6.07 Å². The number of nitrogens with zero attached hydrogens (tertiary/aromatic N) is 2. The van der Waals surface area contributed by atoms with Crippen LogP contribution in [0.2, 0.25) is 0 Å².